The average Bonchev–Trinajstić information content (AvgIpc) is 3.34. The van der Waals surface area contributed by atoms with Gasteiger partial charge in [0.2, 0.25) is 15.9 Å². The molecule has 0 spiro atoms. The molecule has 0 aromatic heterocycles. The molecule has 0 unspecified atom stereocenters. The molecule has 1 heterocycles. The van der Waals surface area contributed by atoms with Gasteiger partial charge in [-0.2, -0.15) is 4.31 Å². The molecule has 32 heavy (non-hydrogen) atoms. The molecule has 0 aliphatic carbocycles. The number of ether oxygens (including phenoxy) is 3. The minimum Gasteiger partial charge on any atom is -0.495 e. The summed E-state index contributed by atoms with van der Waals surface area (Å²) in [5.74, 6) is 1.29. The lowest BCUT2D eigenvalue weighted by Gasteiger charge is -2.18. The Morgan fingerprint density at radius 2 is 1.59 bits per heavy atom. The summed E-state index contributed by atoms with van der Waals surface area (Å²) >= 11 is 1.35. The van der Waals surface area contributed by atoms with Gasteiger partial charge in [0.25, 0.3) is 0 Å². The molecule has 2 aromatic rings. The van der Waals surface area contributed by atoms with E-state index in [1.807, 2.05) is 6.07 Å². The summed E-state index contributed by atoms with van der Waals surface area (Å²) in [6, 6.07) is 9.95. The maximum Gasteiger partial charge on any atom is 0.243 e. The summed E-state index contributed by atoms with van der Waals surface area (Å²) in [7, 11) is 0.979. The normalized spacial score (nSPS) is 15.2. The lowest BCUT2D eigenvalue weighted by atomic mass is 10.3. The lowest BCUT2D eigenvalue weighted by molar-refractivity contribution is -0.115. The number of rotatable bonds is 9. The Labute approximate surface area is 193 Å². The molecule has 8 nitrogen and oxygen atoms in total. The molecule has 1 saturated heterocycles. The number of amides is 1. The molecule has 1 amide bonds. The van der Waals surface area contributed by atoms with Crippen LogP contribution in [0.25, 0.3) is 0 Å². The van der Waals surface area contributed by atoms with E-state index in [0.29, 0.717) is 36.0 Å². The van der Waals surface area contributed by atoms with Crippen molar-refractivity contribution in [1.82, 2.24) is 4.31 Å². The number of nitrogens with zero attached hydrogens (tertiary/aromatic N) is 1. The van der Waals surface area contributed by atoms with Crippen molar-refractivity contribution >= 4 is 33.4 Å². The minimum absolute atomic E-state index is 0.135. The molecule has 1 aliphatic heterocycles. The lowest BCUT2D eigenvalue weighted by Crippen LogP contribution is -2.28. The average molecular weight is 481 g/mol. The summed E-state index contributed by atoms with van der Waals surface area (Å²) in [6.07, 6.45) is 1.70. The van der Waals surface area contributed by atoms with Crippen LogP contribution in [0.3, 0.4) is 0 Å². The van der Waals surface area contributed by atoms with Crippen LogP contribution < -0.4 is 19.5 Å². The quantitative estimate of drug-likeness (QED) is 0.548. The fraction of sp³-hybridized carbons (Fsp3) is 0.409. The van der Waals surface area contributed by atoms with E-state index in [0.717, 1.165) is 17.7 Å². The van der Waals surface area contributed by atoms with Gasteiger partial charge in [0.05, 0.1) is 37.2 Å². The zero-order valence-corrected chi connectivity index (χ0v) is 20.2. The Kier molecular flexibility index (Phi) is 7.91. The molecule has 1 atom stereocenters. The van der Waals surface area contributed by atoms with Crippen molar-refractivity contribution in [3.05, 3.63) is 36.4 Å². The van der Waals surface area contributed by atoms with Gasteiger partial charge in [0.15, 0.2) is 11.5 Å². The summed E-state index contributed by atoms with van der Waals surface area (Å²) in [6.45, 7) is 2.79. The molecule has 174 valence electrons. The summed E-state index contributed by atoms with van der Waals surface area (Å²) < 4.78 is 43.2. The van der Waals surface area contributed by atoms with E-state index >= 15 is 0 Å². The van der Waals surface area contributed by atoms with Gasteiger partial charge in [-0.25, -0.2) is 8.42 Å². The fourth-order valence-corrected chi connectivity index (χ4v) is 5.84. The van der Waals surface area contributed by atoms with E-state index < -0.39 is 15.3 Å². The number of hydrogen-bond acceptors (Lipinski definition) is 7. The van der Waals surface area contributed by atoms with Crippen molar-refractivity contribution in [3.8, 4) is 17.2 Å². The van der Waals surface area contributed by atoms with Crippen molar-refractivity contribution in [2.24, 2.45) is 0 Å². The van der Waals surface area contributed by atoms with Gasteiger partial charge in [0.1, 0.15) is 5.75 Å². The predicted octanol–water partition coefficient (Wildman–Crippen LogP) is 3.62. The van der Waals surface area contributed by atoms with Gasteiger partial charge in [-0.3, -0.25) is 4.79 Å². The SMILES string of the molecule is COc1ccc(S(=O)(=O)N2CCCC2)cc1NC(=O)[C@@H](C)Sc1ccc(OC)c(OC)c1. The first-order valence-corrected chi connectivity index (χ1v) is 12.5. The molecule has 1 aliphatic rings. The smallest absolute Gasteiger partial charge is 0.243 e. The van der Waals surface area contributed by atoms with Gasteiger partial charge < -0.3 is 19.5 Å². The van der Waals surface area contributed by atoms with Crippen LogP contribution in [0.1, 0.15) is 19.8 Å². The van der Waals surface area contributed by atoms with Crippen LogP contribution >= 0.6 is 11.8 Å². The molecule has 1 N–H and O–H groups in total. The van der Waals surface area contributed by atoms with E-state index in [2.05, 4.69) is 5.32 Å². The number of carbonyl (C=O) groups excluding carboxylic acids is 1. The van der Waals surface area contributed by atoms with E-state index in [-0.39, 0.29) is 10.8 Å². The van der Waals surface area contributed by atoms with Crippen molar-refractivity contribution < 1.29 is 27.4 Å². The number of hydrogen-bond donors (Lipinski definition) is 1. The Hall–Kier alpha value is -2.43. The van der Waals surface area contributed by atoms with Crippen LogP contribution in [-0.2, 0) is 14.8 Å². The molecule has 2 aromatic carbocycles. The maximum atomic E-state index is 12.9. The first-order valence-electron chi connectivity index (χ1n) is 10.2. The molecular formula is C22H28N2O6S2. The highest BCUT2D eigenvalue weighted by Gasteiger charge is 2.28. The van der Waals surface area contributed by atoms with Crippen LogP contribution in [0.2, 0.25) is 0 Å². The third-order valence-electron chi connectivity index (χ3n) is 5.17. The number of methoxy groups -OCH3 is 3. The Balaban J connectivity index is 1.77. The second kappa shape index (κ2) is 10.5. The van der Waals surface area contributed by atoms with E-state index in [9.17, 15) is 13.2 Å². The van der Waals surface area contributed by atoms with E-state index in [4.69, 9.17) is 14.2 Å². The monoisotopic (exact) mass is 480 g/mol. The second-order valence-corrected chi connectivity index (χ2v) is 10.6. The number of nitrogens with one attached hydrogen (secondary N) is 1. The van der Waals surface area contributed by atoms with Crippen LogP contribution in [-0.4, -0.2) is 58.3 Å². The summed E-state index contributed by atoms with van der Waals surface area (Å²) in [5.41, 5.74) is 0.317. The van der Waals surface area contributed by atoms with Crippen molar-refractivity contribution in [2.45, 2.75) is 34.8 Å². The standard InChI is InChI=1S/C22H28N2O6S2/c1-15(31-16-7-9-20(29-3)21(13-16)30-4)22(25)23-18-14-17(8-10-19(18)28-2)32(26,27)24-11-5-6-12-24/h7-10,13-15H,5-6,11-12H2,1-4H3,(H,23,25)/t15-/m1/s1. The molecule has 0 radical (unpaired) electrons. The highest BCUT2D eigenvalue weighted by molar-refractivity contribution is 8.00. The van der Waals surface area contributed by atoms with Crippen molar-refractivity contribution in [1.29, 1.82) is 0 Å². The van der Waals surface area contributed by atoms with E-state index in [1.54, 1.807) is 39.3 Å². The topological polar surface area (TPSA) is 94.2 Å². The van der Waals surface area contributed by atoms with Gasteiger partial charge in [-0.05, 0) is 56.2 Å². The Morgan fingerprint density at radius 3 is 2.22 bits per heavy atom. The van der Waals surface area contributed by atoms with Crippen LogP contribution in [0.5, 0.6) is 17.2 Å². The molecule has 1 fully saturated rings. The third kappa shape index (κ3) is 5.31. The Morgan fingerprint density at radius 1 is 0.969 bits per heavy atom. The van der Waals surface area contributed by atoms with Crippen LogP contribution in [0.15, 0.2) is 46.2 Å². The number of thioether (sulfide) groups is 1. The second-order valence-electron chi connectivity index (χ2n) is 7.24. The Bertz CT molecular complexity index is 1070. The number of anilines is 1. The first-order chi connectivity index (χ1) is 15.3. The van der Waals surface area contributed by atoms with Crippen LogP contribution in [0.4, 0.5) is 5.69 Å². The number of sulfonamides is 1. The van der Waals surface area contributed by atoms with Crippen molar-refractivity contribution in [3.63, 3.8) is 0 Å². The van der Waals surface area contributed by atoms with Gasteiger partial charge in [-0.1, -0.05) is 0 Å². The van der Waals surface area contributed by atoms with Crippen molar-refractivity contribution in [2.75, 3.05) is 39.7 Å². The van der Waals surface area contributed by atoms with Gasteiger partial charge in [-0.15, -0.1) is 11.8 Å². The number of carbonyl (C=O) groups is 1. The molecule has 3 rings (SSSR count). The van der Waals surface area contributed by atoms with E-state index in [1.165, 1.54) is 35.3 Å². The number of benzene rings is 2. The largest absolute Gasteiger partial charge is 0.495 e. The fourth-order valence-electron chi connectivity index (χ4n) is 3.40. The summed E-state index contributed by atoms with van der Waals surface area (Å²) in [5, 5.41) is 2.35. The first kappa shape index (κ1) is 24.2. The third-order valence-corrected chi connectivity index (χ3v) is 8.16. The molecular weight excluding hydrogens is 452 g/mol. The highest BCUT2D eigenvalue weighted by Crippen LogP contribution is 2.35. The highest BCUT2D eigenvalue weighted by atomic mass is 32.2. The zero-order chi connectivity index (χ0) is 23.3. The molecule has 10 heteroatoms. The zero-order valence-electron chi connectivity index (χ0n) is 18.6. The van der Waals surface area contributed by atoms with Gasteiger partial charge >= 0.3 is 0 Å². The van der Waals surface area contributed by atoms with Crippen LogP contribution in [0, 0.1) is 0 Å². The predicted molar refractivity (Wildman–Crippen MR) is 124 cm³/mol. The van der Waals surface area contributed by atoms with Gasteiger partial charge in [0, 0.05) is 18.0 Å². The maximum absolute atomic E-state index is 12.9. The summed E-state index contributed by atoms with van der Waals surface area (Å²) in [4.78, 5) is 13.8. The molecule has 0 saturated carbocycles. The minimum atomic E-state index is -3.61. The molecule has 0 bridgehead atoms.